The highest BCUT2D eigenvalue weighted by Gasteiger charge is 2.47. The minimum Gasteiger partial charge on any atom is -0.379 e. The van der Waals surface area contributed by atoms with Gasteiger partial charge in [0.2, 0.25) is 11.8 Å². The average Bonchev–Trinajstić information content (AvgIpc) is 2.73. The van der Waals surface area contributed by atoms with Crippen molar-refractivity contribution in [1.29, 1.82) is 0 Å². The fourth-order valence-electron chi connectivity index (χ4n) is 3.39. The molecular weight excluding hydrogens is 292 g/mol. The van der Waals surface area contributed by atoms with Gasteiger partial charge in [0.05, 0.1) is 25.0 Å². The lowest BCUT2D eigenvalue weighted by Gasteiger charge is -2.27. The van der Waals surface area contributed by atoms with E-state index in [-0.39, 0.29) is 23.7 Å². The molecule has 2 fully saturated rings. The van der Waals surface area contributed by atoms with Crippen molar-refractivity contribution in [3.63, 3.8) is 0 Å². The number of morpholine rings is 1. The van der Waals surface area contributed by atoms with Gasteiger partial charge in [-0.1, -0.05) is 17.7 Å². The van der Waals surface area contributed by atoms with Crippen molar-refractivity contribution >= 4 is 23.4 Å². The lowest BCUT2D eigenvalue weighted by Crippen LogP contribution is -2.39. The zero-order valence-electron chi connectivity index (χ0n) is 12.1. The molecule has 116 valence electrons. The van der Waals surface area contributed by atoms with E-state index in [1.54, 1.807) is 0 Å². The highest BCUT2D eigenvalue weighted by atomic mass is 35.5. The van der Waals surface area contributed by atoms with Gasteiger partial charge in [0.1, 0.15) is 0 Å². The number of fused-ring (bicyclic) bond motifs is 1. The van der Waals surface area contributed by atoms with Gasteiger partial charge in [-0.3, -0.25) is 19.4 Å². The van der Waals surface area contributed by atoms with Crippen LogP contribution in [0.2, 0.25) is 0 Å². The Hall–Kier alpha value is -0.910. The van der Waals surface area contributed by atoms with Crippen LogP contribution in [0.3, 0.4) is 0 Å². The molecule has 2 saturated heterocycles. The molecule has 3 aliphatic rings. The largest absolute Gasteiger partial charge is 0.379 e. The van der Waals surface area contributed by atoms with Crippen molar-refractivity contribution in [2.45, 2.75) is 19.3 Å². The zero-order chi connectivity index (χ0) is 14.8. The summed E-state index contributed by atoms with van der Waals surface area (Å²) in [6, 6.07) is 0. The molecule has 3 rings (SSSR count). The monoisotopic (exact) mass is 312 g/mol. The van der Waals surface area contributed by atoms with Crippen molar-refractivity contribution in [3.8, 4) is 0 Å². The SMILES string of the molecule is O=C1[C@H]2CC=C(Cl)C[C@H]2C(=O)N1CCCN1CCOCC1. The van der Waals surface area contributed by atoms with Gasteiger partial charge in [-0.25, -0.2) is 0 Å². The molecule has 0 aromatic carbocycles. The van der Waals surface area contributed by atoms with E-state index in [9.17, 15) is 9.59 Å². The first-order chi connectivity index (χ1) is 10.2. The van der Waals surface area contributed by atoms with Gasteiger partial charge < -0.3 is 4.74 Å². The van der Waals surface area contributed by atoms with E-state index in [0.29, 0.717) is 24.4 Å². The molecule has 0 spiro atoms. The van der Waals surface area contributed by atoms with Crippen LogP contribution in [0.4, 0.5) is 0 Å². The first-order valence-electron chi connectivity index (χ1n) is 7.66. The Morgan fingerprint density at radius 1 is 1.14 bits per heavy atom. The van der Waals surface area contributed by atoms with Crippen LogP contribution in [-0.4, -0.2) is 61.0 Å². The zero-order valence-corrected chi connectivity index (χ0v) is 12.8. The Balaban J connectivity index is 1.52. The number of carbonyl (C=O) groups excluding carboxylic acids is 2. The van der Waals surface area contributed by atoms with E-state index < -0.39 is 0 Å². The van der Waals surface area contributed by atoms with E-state index in [1.165, 1.54) is 4.90 Å². The molecular formula is C15H21ClN2O3. The highest BCUT2D eigenvalue weighted by Crippen LogP contribution is 2.38. The lowest BCUT2D eigenvalue weighted by molar-refractivity contribution is -0.140. The quantitative estimate of drug-likeness (QED) is 0.733. The van der Waals surface area contributed by atoms with Gasteiger partial charge in [0, 0.05) is 31.2 Å². The Kier molecular flexibility index (Phi) is 4.62. The number of carbonyl (C=O) groups is 2. The van der Waals surface area contributed by atoms with Gasteiger partial charge in [-0.05, 0) is 19.3 Å². The summed E-state index contributed by atoms with van der Waals surface area (Å²) in [5.41, 5.74) is 0. The Labute approximate surface area is 129 Å². The number of hydrogen-bond donors (Lipinski definition) is 0. The van der Waals surface area contributed by atoms with E-state index in [0.717, 1.165) is 39.3 Å². The molecule has 2 atom stereocenters. The molecule has 0 aromatic rings. The number of likely N-dealkylation sites (tertiary alicyclic amines) is 1. The van der Waals surface area contributed by atoms with Gasteiger partial charge in [0.15, 0.2) is 0 Å². The maximum atomic E-state index is 12.4. The molecule has 2 heterocycles. The van der Waals surface area contributed by atoms with Gasteiger partial charge in [0.25, 0.3) is 0 Å². The Bertz CT molecular complexity index is 460. The third-order valence-corrected chi connectivity index (χ3v) is 4.93. The molecule has 6 heteroatoms. The second kappa shape index (κ2) is 6.46. The van der Waals surface area contributed by atoms with Crippen LogP contribution in [0.25, 0.3) is 0 Å². The van der Waals surface area contributed by atoms with Crippen LogP contribution in [0.15, 0.2) is 11.1 Å². The summed E-state index contributed by atoms with van der Waals surface area (Å²) in [4.78, 5) is 28.5. The first kappa shape index (κ1) is 15.0. The van der Waals surface area contributed by atoms with Crippen LogP contribution in [0.5, 0.6) is 0 Å². The Morgan fingerprint density at radius 2 is 1.86 bits per heavy atom. The third-order valence-electron chi connectivity index (χ3n) is 4.62. The summed E-state index contributed by atoms with van der Waals surface area (Å²) in [5.74, 6) is -0.438. The number of hydrogen-bond acceptors (Lipinski definition) is 4. The third kappa shape index (κ3) is 3.15. The van der Waals surface area contributed by atoms with E-state index >= 15 is 0 Å². The molecule has 0 saturated carbocycles. The number of halogens is 1. The summed E-state index contributed by atoms with van der Waals surface area (Å²) in [7, 11) is 0. The summed E-state index contributed by atoms with van der Waals surface area (Å²) < 4.78 is 5.31. The first-order valence-corrected chi connectivity index (χ1v) is 8.04. The normalized spacial score (nSPS) is 30.5. The molecule has 2 amide bonds. The Morgan fingerprint density at radius 3 is 2.62 bits per heavy atom. The predicted octanol–water partition coefficient (Wildman–Crippen LogP) is 1.23. The van der Waals surface area contributed by atoms with Crippen LogP contribution >= 0.6 is 11.6 Å². The summed E-state index contributed by atoms with van der Waals surface area (Å²) in [5, 5.41) is 0.715. The average molecular weight is 313 g/mol. The number of rotatable bonds is 4. The molecule has 0 radical (unpaired) electrons. The molecule has 1 aliphatic carbocycles. The standard InChI is InChI=1S/C15H21ClN2O3/c16-11-2-3-12-13(10-11)15(20)18(14(12)19)5-1-4-17-6-8-21-9-7-17/h2,12-13H,1,3-10H2/t12-,13+/m0/s1. The number of imide groups is 1. The van der Waals surface area contributed by atoms with Crippen LogP contribution in [0.1, 0.15) is 19.3 Å². The molecule has 0 bridgehead atoms. The number of ether oxygens (including phenoxy) is 1. The second-order valence-electron chi connectivity index (χ2n) is 5.94. The summed E-state index contributed by atoms with van der Waals surface area (Å²) >= 11 is 6.01. The molecule has 0 unspecified atom stereocenters. The van der Waals surface area contributed by atoms with Gasteiger partial charge >= 0.3 is 0 Å². The van der Waals surface area contributed by atoms with E-state index in [2.05, 4.69) is 4.90 Å². The fraction of sp³-hybridized carbons (Fsp3) is 0.733. The molecule has 0 N–H and O–H groups in total. The molecule has 5 nitrogen and oxygen atoms in total. The number of allylic oxidation sites excluding steroid dienone is 2. The van der Waals surface area contributed by atoms with Crippen LogP contribution in [0, 0.1) is 11.8 Å². The van der Waals surface area contributed by atoms with Crippen molar-refractivity contribution in [1.82, 2.24) is 9.80 Å². The van der Waals surface area contributed by atoms with E-state index in [1.807, 2.05) is 6.08 Å². The van der Waals surface area contributed by atoms with Crippen LogP contribution in [-0.2, 0) is 14.3 Å². The van der Waals surface area contributed by atoms with Gasteiger partial charge in [-0.2, -0.15) is 0 Å². The lowest BCUT2D eigenvalue weighted by atomic mass is 9.85. The van der Waals surface area contributed by atoms with Gasteiger partial charge in [-0.15, -0.1) is 0 Å². The fourth-order valence-corrected chi connectivity index (χ4v) is 3.65. The smallest absolute Gasteiger partial charge is 0.233 e. The van der Waals surface area contributed by atoms with Crippen molar-refractivity contribution in [2.24, 2.45) is 11.8 Å². The topological polar surface area (TPSA) is 49.9 Å². The second-order valence-corrected chi connectivity index (χ2v) is 6.42. The van der Waals surface area contributed by atoms with Crippen molar-refractivity contribution in [3.05, 3.63) is 11.1 Å². The van der Waals surface area contributed by atoms with Crippen LogP contribution < -0.4 is 0 Å². The van der Waals surface area contributed by atoms with Crippen molar-refractivity contribution < 1.29 is 14.3 Å². The minimum atomic E-state index is -0.224. The summed E-state index contributed by atoms with van der Waals surface area (Å²) in [6.45, 7) is 4.86. The molecule has 21 heavy (non-hydrogen) atoms. The van der Waals surface area contributed by atoms with Crippen molar-refractivity contribution in [2.75, 3.05) is 39.4 Å². The molecule has 2 aliphatic heterocycles. The number of amides is 2. The molecule has 0 aromatic heterocycles. The minimum absolute atomic E-state index is 0.00704. The van der Waals surface area contributed by atoms with E-state index in [4.69, 9.17) is 16.3 Å². The number of nitrogens with zero attached hydrogens (tertiary/aromatic N) is 2. The maximum Gasteiger partial charge on any atom is 0.233 e. The predicted molar refractivity (Wildman–Crippen MR) is 78.7 cm³/mol. The summed E-state index contributed by atoms with van der Waals surface area (Å²) in [6.07, 6.45) is 3.84. The highest BCUT2D eigenvalue weighted by molar-refractivity contribution is 6.30. The maximum absolute atomic E-state index is 12.4.